The summed E-state index contributed by atoms with van der Waals surface area (Å²) in [6.45, 7) is 2.47. The van der Waals surface area contributed by atoms with Crippen LogP contribution in [0.25, 0.3) is 0 Å². The predicted molar refractivity (Wildman–Crippen MR) is 100 cm³/mol. The van der Waals surface area contributed by atoms with Gasteiger partial charge in [-0.1, -0.05) is 41.4 Å². The summed E-state index contributed by atoms with van der Waals surface area (Å²) in [5.41, 5.74) is 2.06. The first kappa shape index (κ1) is 17.8. The number of anilines is 1. The topological polar surface area (TPSA) is 49.4 Å². The van der Waals surface area contributed by atoms with E-state index in [1.165, 1.54) is 0 Å². The molecule has 25 heavy (non-hydrogen) atoms. The number of hydrogen-bond donors (Lipinski definition) is 1. The number of carbonyl (C=O) groups is 2. The Morgan fingerprint density at radius 2 is 1.80 bits per heavy atom. The smallest absolute Gasteiger partial charge is 0.254 e. The van der Waals surface area contributed by atoms with Crippen molar-refractivity contribution in [2.75, 3.05) is 11.9 Å². The molecule has 4 nitrogen and oxygen atoms in total. The van der Waals surface area contributed by atoms with Gasteiger partial charge in [0.15, 0.2) is 0 Å². The van der Waals surface area contributed by atoms with Crippen molar-refractivity contribution in [3.8, 4) is 0 Å². The van der Waals surface area contributed by atoms with E-state index in [1.807, 2.05) is 25.1 Å². The Labute approximate surface area is 156 Å². The Balaban J connectivity index is 1.78. The number of halogens is 2. The lowest BCUT2D eigenvalue weighted by Gasteiger charge is -2.24. The predicted octanol–water partition coefficient (Wildman–Crippen LogP) is 4.55. The third-order valence-corrected chi connectivity index (χ3v) is 4.76. The van der Waals surface area contributed by atoms with Crippen LogP contribution in [0.15, 0.2) is 42.5 Å². The number of nitrogens with one attached hydrogen (secondary N) is 1. The van der Waals surface area contributed by atoms with Crippen molar-refractivity contribution in [1.29, 1.82) is 0 Å². The molecule has 1 aliphatic heterocycles. The van der Waals surface area contributed by atoms with Crippen LogP contribution in [-0.2, 0) is 4.79 Å². The average Bonchev–Trinajstić information content (AvgIpc) is 3.03. The van der Waals surface area contributed by atoms with Crippen LogP contribution in [-0.4, -0.2) is 29.3 Å². The minimum absolute atomic E-state index is 0.111. The average molecular weight is 377 g/mol. The molecule has 0 aromatic heterocycles. The molecule has 0 radical (unpaired) electrons. The van der Waals surface area contributed by atoms with Crippen LogP contribution in [0.5, 0.6) is 0 Å². The fourth-order valence-electron chi connectivity index (χ4n) is 3.10. The van der Waals surface area contributed by atoms with E-state index in [0.29, 0.717) is 34.3 Å². The van der Waals surface area contributed by atoms with Gasteiger partial charge in [0.25, 0.3) is 5.91 Å². The largest absolute Gasteiger partial charge is 0.327 e. The first-order valence-corrected chi connectivity index (χ1v) is 8.85. The van der Waals surface area contributed by atoms with Crippen molar-refractivity contribution < 1.29 is 9.59 Å². The van der Waals surface area contributed by atoms with E-state index in [1.54, 1.807) is 29.2 Å². The van der Waals surface area contributed by atoms with E-state index >= 15 is 0 Å². The highest BCUT2D eigenvalue weighted by atomic mass is 35.5. The van der Waals surface area contributed by atoms with Gasteiger partial charge in [0, 0.05) is 27.8 Å². The van der Waals surface area contributed by atoms with Gasteiger partial charge in [0.1, 0.15) is 6.04 Å². The third kappa shape index (κ3) is 3.97. The summed E-state index contributed by atoms with van der Waals surface area (Å²) in [6, 6.07) is 11.8. The van der Waals surface area contributed by atoms with Crippen molar-refractivity contribution in [3.05, 3.63) is 63.6 Å². The summed E-state index contributed by atoms with van der Waals surface area (Å²) in [4.78, 5) is 27.2. The molecule has 3 rings (SSSR count). The number of rotatable bonds is 3. The number of benzene rings is 2. The second-order valence-corrected chi connectivity index (χ2v) is 6.99. The summed E-state index contributed by atoms with van der Waals surface area (Å²) in [5, 5.41) is 3.71. The quantitative estimate of drug-likeness (QED) is 0.854. The zero-order chi connectivity index (χ0) is 18.0. The van der Waals surface area contributed by atoms with Crippen molar-refractivity contribution in [3.63, 3.8) is 0 Å². The van der Waals surface area contributed by atoms with Gasteiger partial charge in [-0.15, -0.1) is 0 Å². The van der Waals surface area contributed by atoms with Crippen molar-refractivity contribution in [2.24, 2.45) is 0 Å². The minimum Gasteiger partial charge on any atom is -0.327 e. The standard InChI is InChI=1S/C19H18Cl2N2O2/c1-12-5-2-3-6-16(12)19(25)23-8-4-7-17(23)18(24)22-15-10-13(20)9-14(21)11-15/h2-3,5-6,9-11,17H,4,7-8H2,1H3,(H,22,24). The number of aryl methyl sites for hydroxylation is 1. The summed E-state index contributed by atoms with van der Waals surface area (Å²) in [6.07, 6.45) is 1.43. The zero-order valence-corrected chi connectivity index (χ0v) is 15.3. The first-order valence-electron chi connectivity index (χ1n) is 8.09. The zero-order valence-electron chi connectivity index (χ0n) is 13.8. The summed E-state index contributed by atoms with van der Waals surface area (Å²) >= 11 is 11.9. The van der Waals surface area contributed by atoms with E-state index in [-0.39, 0.29) is 11.8 Å². The number of nitrogens with zero attached hydrogens (tertiary/aromatic N) is 1. The molecule has 2 aromatic rings. The van der Waals surface area contributed by atoms with E-state index < -0.39 is 6.04 Å². The lowest BCUT2D eigenvalue weighted by atomic mass is 10.1. The highest BCUT2D eigenvalue weighted by Gasteiger charge is 2.35. The Bertz CT molecular complexity index is 803. The molecule has 0 bridgehead atoms. The summed E-state index contributed by atoms with van der Waals surface area (Å²) in [7, 11) is 0. The van der Waals surface area contributed by atoms with E-state index in [2.05, 4.69) is 5.32 Å². The molecule has 130 valence electrons. The molecule has 1 N–H and O–H groups in total. The monoisotopic (exact) mass is 376 g/mol. The molecule has 0 saturated carbocycles. The van der Waals surface area contributed by atoms with Crippen LogP contribution in [0.2, 0.25) is 10.0 Å². The van der Waals surface area contributed by atoms with Crippen LogP contribution >= 0.6 is 23.2 Å². The molecule has 0 aliphatic carbocycles. The molecule has 1 fully saturated rings. The normalized spacial score (nSPS) is 16.8. The number of amides is 2. The van der Waals surface area contributed by atoms with Crippen molar-refractivity contribution >= 4 is 40.7 Å². The maximum Gasteiger partial charge on any atom is 0.254 e. The summed E-state index contributed by atoms with van der Waals surface area (Å²) < 4.78 is 0. The Morgan fingerprint density at radius 3 is 2.48 bits per heavy atom. The Kier molecular flexibility index (Phi) is 5.30. The molecule has 1 heterocycles. The number of carbonyl (C=O) groups excluding carboxylic acids is 2. The van der Waals surface area contributed by atoms with E-state index in [4.69, 9.17) is 23.2 Å². The van der Waals surface area contributed by atoms with Crippen LogP contribution < -0.4 is 5.32 Å². The van der Waals surface area contributed by atoms with Crippen LogP contribution in [0, 0.1) is 6.92 Å². The van der Waals surface area contributed by atoms with Crippen molar-refractivity contribution in [1.82, 2.24) is 4.90 Å². The van der Waals surface area contributed by atoms with Gasteiger partial charge < -0.3 is 10.2 Å². The third-order valence-electron chi connectivity index (χ3n) is 4.32. The maximum absolute atomic E-state index is 12.8. The molecule has 1 saturated heterocycles. The molecule has 1 atom stereocenters. The first-order chi connectivity index (χ1) is 12.0. The van der Waals surface area contributed by atoms with Gasteiger partial charge in [-0.2, -0.15) is 0 Å². The summed E-state index contributed by atoms with van der Waals surface area (Å²) in [5.74, 6) is -0.336. The highest BCUT2D eigenvalue weighted by Crippen LogP contribution is 2.25. The SMILES string of the molecule is Cc1ccccc1C(=O)N1CCCC1C(=O)Nc1cc(Cl)cc(Cl)c1. The second kappa shape index (κ2) is 7.46. The molecular formula is C19H18Cl2N2O2. The Hall–Kier alpha value is -2.04. The molecule has 2 aromatic carbocycles. The van der Waals surface area contributed by atoms with Crippen LogP contribution in [0.4, 0.5) is 5.69 Å². The molecule has 6 heteroatoms. The fourth-order valence-corrected chi connectivity index (χ4v) is 3.63. The molecule has 1 unspecified atom stereocenters. The van der Waals surface area contributed by atoms with E-state index in [9.17, 15) is 9.59 Å². The molecule has 1 aliphatic rings. The van der Waals surface area contributed by atoms with Gasteiger partial charge in [-0.25, -0.2) is 0 Å². The van der Waals surface area contributed by atoms with Crippen LogP contribution in [0.1, 0.15) is 28.8 Å². The van der Waals surface area contributed by atoms with Crippen LogP contribution in [0.3, 0.4) is 0 Å². The van der Waals surface area contributed by atoms with Crippen molar-refractivity contribution in [2.45, 2.75) is 25.8 Å². The fraction of sp³-hybridized carbons (Fsp3) is 0.263. The Morgan fingerprint density at radius 1 is 1.12 bits per heavy atom. The highest BCUT2D eigenvalue weighted by molar-refractivity contribution is 6.35. The van der Waals surface area contributed by atoms with Gasteiger partial charge in [0.2, 0.25) is 5.91 Å². The number of hydrogen-bond acceptors (Lipinski definition) is 2. The lowest BCUT2D eigenvalue weighted by molar-refractivity contribution is -0.119. The van der Waals surface area contributed by atoms with Gasteiger partial charge in [-0.3, -0.25) is 9.59 Å². The second-order valence-electron chi connectivity index (χ2n) is 6.12. The molecule has 2 amide bonds. The molecule has 0 spiro atoms. The van der Waals surface area contributed by atoms with E-state index in [0.717, 1.165) is 12.0 Å². The lowest BCUT2D eigenvalue weighted by Crippen LogP contribution is -2.43. The number of likely N-dealkylation sites (tertiary alicyclic amines) is 1. The van der Waals surface area contributed by atoms with Gasteiger partial charge in [0.05, 0.1) is 0 Å². The molecular weight excluding hydrogens is 359 g/mol. The van der Waals surface area contributed by atoms with Gasteiger partial charge in [-0.05, 0) is 49.6 Å². The minimum atomic E-state index is -0.495. The maximum atomic E-state index is 12.8. The van der Waals surface area contributed by atoms with Gasteiger partial charge >= 0.3 is 0 Å².